The Morgan fingerprint density at radius 3 is 2.59 bits per heavy atom. The van der Waals surface area contributed by atoms with Crippen molar-refractivity contribution < 1.29 is 24.2 Å². The second-order valence-electron chi connectivity index (χ2n) is 7.15. The summed E-state index contributed by atoms with van der Waals surface area (Å²) >= 11 is 7.18. The highest BCUT2D eigenvalue weighted by atomic mass is 35.5. The number of methoxy groups -OCH3 is 1. The topological polar surface area (TPSA) is 95.9 Å². The average Bonchev–Trinajstić information content (AvgIpc) is 3.16. The zero-order valence-electron chi connectivity index (χ0n) is 17.1. The maximum Gasteiger partial charge on any atom is 0.339 e. The smallest absolute Gasteiger partial charge is 0.339 e. The molecule has 1 aliphatic rings. The number of anilines is 1. The molecule has 1 aliphatic heterocycles. The van der Waals surface area contributed by atoms with E-state index in [1.165, 1.54) is 18.4 Å². The first-order valence-corrected chi connectivity index (χ1v) is 11.0. The van der Waals surface area contributed by atoms with Gasteiger partial charge in [-0.3, -0.25) is 9.59 Å². The number of fused-ring (bicyclic) bond motifs is 1. The number of halogens is 1. The molecule has 9 heteroatoms. The van der Waals surface area contributed by atoms with E-state index in [2.05, 4.69) is 5.32 Å². The van der Waals surface area contributed by atoms with Crippen molar-refractivity contribution in [3.8, 4) is 5.75 Å². The number of hydrogen-bond donors (Lipinski definition) is 2. The number of carbonyl (C=O) groups excluding carboxylic acids is 2. The van der Waals surface area contributed by atoms with Crippen molar-refractivity contribution in [3.63, 3.8) is 0 Å². The van der Waals surface area contributed by atoms with Crippen LogP contribution >= 0.6 is 22.9 Å². The van der Waals surface area contributed by atoms with Gasteiger partial charge in [-0.15, -0.1) is 11.3 Å². The van der Waals surface area contributed by atoms with Crippen LogP contribution in [0.1, 0.15) is 41.5 Å². The minimum Gasteiger partial charge on any atom is -0.496 e. The zero-order valence-corrected chi connectivity index (χ0v) is 18.6. The molecular formula is C23H19ClN2O5S. The van der Waals surface area contributed by atoms with Crippen LogP contribution in [-0.2, 0) is 13.0 Å². The largest absolute Gasteiger partial charge is 0.496 e. The second kappa shape index (κ2) is 9.02. The number of amides is 2. The van der Waals surface area contributed by atoms with E-state index in [-0.39, 0.29) is 28.9 Å². The fraction of sp³-hybridized carbons (Fsp3) is 0.174. The fourth-order valence-electron chi connectivity index (χ4n) is 3.67. The van der Waals surface area contributed by atoms with Gasteiger partial charge in [0.15, 0.2) is 0 Å². The van der Waals surface area contributed by atoms with Gasteiger partial charge in [-0.05, 0) is 42.3 Å². The molecule has 164 valence electrons. The van der Waals surface area contributed by atoms with E-state index in [1.54, 1.807) is 53.4 Å². The van der Waals surface area contributed by atoms with Crippen molar-refractivity contribution in [2.45, 2.75) is 13.0 Å². The quantitative estimate of drug-likeness (QED) is 0.570. The number of carboxylic acids is 1. The molecule has 3 aromatic rings. The van der Waals surface area contributed by atoms with Gasteiger partial charge >= 0.3 is 5.97 Å². The Morgan fingerprint density at radius 1 is 1.16 bits per heavy atom. The molecule has 1 aromatic heterocycles. The van der Waals surface area contributed by atoms with Gasteiger partial charge in [-0.2, -0.15) is 0 Å². The molecule has 2 heterocycles. The lowest BCUT2D eigenvalue weighted by molar-refractivity contribution is 0.0696. The van der Waals surface area contributed by atoms with E-state index in [1.807, 2.05) is 0 Å². The van der Waals surface area contributed by atoms with Gasteiger partial charge < -0.3 is 20.1 Å². The van der Waals surface area contributed by atoms with Crippen molar-refractivity contribution >= 4 is 45.7 Å². The van der Waals surface area contributed by atoms with Gasteiger partial charge in [-0.1, -0.05) is 29.8 Å². The summed E-state index contributed by atoms with van der Waals surface area (Å²) in [7, 11) is 1.47. The molecule has 2 N–H and O–H groups in total. The Bertz CT molecular complexity index is 1210. The summed E-state index contributed by atoms with van der Waals surface area (Å²) in [5.41, 5.74) is 1.55. The van der Waals surface area contributed by atoms with Crippen molar-refractivity contribution in [3.05, 3.63) is 80.7 Å². The maximum atomic E-state index is 13.1. The Kier molecular flexibility index (Phi) is 6.16. The molecular weight excluding hydrogens is 452 g/mol. The summed E-state index contributed by atoms with van der Waals surface area (Å²) in [5, 5.41) is 13.2. The van der Waals surface area contributed by atoms with Crippen molar-refractivity contribution in [1.82, 2.24) is 4.90 Å². The first kappa shape index (κ1) is 21.9. The molecule has 0 spiro atoms. The summed E-state index contributed by atoms with van der Waals surface area (Å²) in [6.07, 6.45) is 0.371. The van der Waals surface area contributed by atoms with Crippen molar-refractivity contribution in [2.24, 2.45) is 0 Å². The van der Waals surface area contributed by atoms with E-state index >= 15 is 0 Å². The van der Waals surface area contributed by atoms with E-state index in [4.69, 9.17) is 16.3 Å². The molecule has 0 saturated heterocycles. The van der Waals surface area contributed by atoms with Crippen molar-refractivity contribution in [2.75, 3.05) is 19.0 Å². The number of nitrogens with zero attached hydrogens (tertiary/aromatic N) is 1. The van der Waals surface area contributed by atoms with Gasteiger partial charge in [0.25, 0.3) is 11.8 Å². The van der Waals surface area contributed by atoms with Gasteiger partial charge in [0.1, 0.15) is 10.8 Å². The minimum absolute atomic E-state index is 0.0884. The maximum absolute atomic E-state index is 13.1. The molecule has 2 amide bonds. The molecule has 0 aliphatic carbocycles. The number of carboxylic acid groups (broad SMARTS) is 1. The average molecular weight is 471 g/mol. The second-order valence-corrected chi connectivity index (χ2v) is 8.70. The molecule has 0 fully saturated rings. The molecule has 7 nitrogen and oxygen atoms in total. The summed E-state index contributed by atoms with van der Waals surface area (Å²) in [5.74, 6) is -1.35. The predicted octanol–water partition coefficient (Wildman–Crippen LogP) is 4.56. The Balaban J connectivity index is 1.61. The summed E-state index contributed by atoms with van der Waals surface area (Å²) in [6.45, 7) is 0.590. The fourth-order valence-corrected chi connectivity index (χ4v) is 5.08. The third-order valence-corrected chi connectivity index (χ3v) is 6.58. The number of hydrogen-bond acceptors (Lipinski definition) is 5. The number of aromatic carboxylic acids is 1. The highest BCUT2D eigenvalue weighted by Gasteiger charge is 2.31. The SMILES string of the molecule is COc1cc(Cl)ccc1C(=O)N1CCc2c(sc(NC(=O)c3ccccc3)c2C(=O)O)C1. The van der Waals surface area contributed by atoms with E-state index in [9.17, 15) is 19.5 Å². The van der Waals surface area contributed by atoms with Crippen LogP contribution in [0.2, 0.25) is 5.02 Å². The van der Waals surface area contributed by atoms with Crippen LogP contribution in [-0.4, -0.2) is 41.4 Å². The van der Waals surface area contributed by atoms with E-state index in [0.29, 0.717) is 40.4 Å². The standard InChI is InChI=1S/C23H19ClN2O5S/c1-31-17-11-14(24)7-8-15(17)22(28)26-10-9-16-18(12-26)32-21(19(16)23(29)30)25-20(27)13-5-3-2-4-6-13/h2-8,11H,9-10,12H2,1H3,(H,25,27)(H,29,30). The highest BCUT2D eigenvalue weighted by molar-refractivity contribution is 7.17. The molecule has 32 heavy (non-hydrogen) atoms. The normalized spacial score (nSPS) is 12.8. The van der Waals surface area contributed by atoms with Crippen LogP contribution in [0, 0.1) is 0 Å². The third kappa shape index (κ3) is 4.19. The van der Waals surface area contributed by atoms with Gasteiger partial charge in [-0.25, -0.2) is 4.79 Å². The summed E-state index contributed by atoms with van der Waals surface area (Å²) in [4.78, 5) is 40.0. The van der Waals surface area contributed by atoms with Crippen LogP contribution in [0.4, 0.5) is 5.00 Å². The van der Waals surface area contributed by atoms with Crippen LogP contribution in [0.5, 0.6) is 5.75 Å². The Labute approximate surface area is 193 Å². The zero-order chi connectivity index (χ0) is 22.8. The van der Waals surface area contributed by atoms with Gasteiger partial charge in [0.05, 0.1) is 24.8 Å². The highest BCUT2D eigenvalue weighted by Crippen LogP contribution is 2.38. The van der Waals surface area contributed by atoms with Crippen LogP contribution in [0.3, 0.4) is 0 Å². The third-order valence-electron chi connectivity index (χ3n) is 5.21. The van der Waals surface area contributed by atoms with Crippen molar-refractivity contribution in [1.29, 1.82) is 0 Å². The predicted molar refractivity (Wildman–Crippen MR) is 122 cm³/mol. The molecule has 0 atom stereocenters. The Morgan fingerprint density at radius 2 is 1.91 bits per heavy atom. The molecule has 4 rings (SSSR count). The van der Waals surface area contributed by atoms with Crippen LogP contribution in [0.25, 0.3) is 0 Å². The number of ether oxygens (including phenoxy) is 1. The lowest BCUT2D eigenvalue weighted by Crippen LogP contribution is -2.35. The first-order valence-electron chi connectivity index (χ1n) is 9.76. The summed E-state index contributed by atoms with van der Waals surface area (Å²) in [6, 6.07) is 13.4. The molecule has 0 bridgehead atoms. The number of rotatable bonds is 5. The Hall–Kier alpha value is -3.36. The van der Waals surface area contributed by atoms with Gasteiger partial charge in [0.2, 0.25) is 0 Å². The molecule has 0 unspecified atom stereocenters. The number of benzene rings is 2. The number of thiophene rings is 1. The number of carbonyl (C=O) groups is 3. The van der Waals surface area contributed by atoms with Gasteiger partial charge in [0, 0.05) is 22.0 Å². The number of nitrogens with one attached hydrogen (secondary N) is 1. The van der Waals surface area contributed by atoms with Crippen LogP contribution < -0.4 is 10.1 Å². The first-order chi connectivity index (χ1) is 15.4. The van der Waals surface area contributed by atoms with E-state index < -0.39 is 5.97 Å². The van der Waals surface area contributed by atoms with Crippen LogP contribution in [0.15, 0.2) is 48.5 Å². The lowest BCUT2D eigenvalue weighted by atomic mass is 10.0. The van der Waals surface area contributed by atoms with E-state index in [0.717, 1.165) is 4.88 Å². The monoisotopic (exact) mass is 470 g/mol. The minimum atomic E-state index is -1.11. The molecule has 0 saturated carbocycles. The molecule has 2 aromatic carbocycles. The lowest BCUT2D eigenvalue weighted by Gasteiger charge is -2.27. The molecule has 0 radical (unpaired) electrons. The summed E-state index contributed by atoms with van der Waals surface area (Å²) < 4.78 is 5.29.